The van der Waals surface area contributed by atoms with Crippen LogP contribution < -0.4 is 10.1 Å². The molecule has 0 aliphatic heterocycles. The number of rotatable bonds is 7. The average molecular weight is 291 g/mol. The summed E-state index contributed by atoms with van der Waals surface area (Å²) in [5.74, 6) is -0.259. The summed E-state index contributed by atoms with van der Waals surface area (Å²) in [6.07, 6.45) is -3.35. The Morgan fingerprint density at radius 2 is 1.80 bits per heavy atom. The molecule has 114 valence electrons. The van der Waals surface area contributed by atoms with Gasteiger partial charge in [-0.3, -0.25) is 0 Å². The molecule has 3 nitrogen and oxygen atoms in total. The Balaban J connectivity index is 2.56. The van der Waals surface area contributed by atoms with E-state index in [4.69, 9.17) is 0 Å². The Bertz CT molecular complexity index is 402. The standard InChI is InChI=1S/C14H20F3NO2/c1-3-8-18-10-13(2,19)9-11-4-6-12(7-5-11)20-14(15,16)17/h4-7,18-19H,3,8-10H2,1-2H3. The SMILES string of the molecule is CCCNCC(C)(O)Cc1ccc(OC(F)(F)F)cc1. The molecule has 0 aromatic heterocycles. The molecule has 2 N–H and O–H groups in total. The lowest BCUT2D eigenvalue weighted by molar-refractivity contribution is -0.274. The number of ether oxygens (including phenoxy) is 1. The topological polar surface area (TPSA) is 41.5 Å². The molecule has 1 aromatic carbocycles. The van der Waals surface area contributed by atoms with E-state index in [0.29, 0.717) is 13.0 Å². The fourth-order valence-electron chi connectivity index (χ4n) is 1.85. The van der Waals surface area contributed by atoms with Gasteiger partial charge in [-0.05, 0) is 37.6 Å². The predicted octanol–water partition coefficient (Wildman–Crippen LogP) is 2.88. The molecule has 1 unspecified atom stereocenters. The Morgan fingerprint density at radius 3 is 2.30 bits per heavy atom. The van der Waals surface area contributed by atoms with E-state index in [-0.39, 0.29) is 5.75 Å². The van der Waals surface area contributed by atoms with Gasteiger partial charge in [0.2, 0.25) is 0 Å². The molecule has 0 bridgehead atoms. The number of nitrogens with one attached hydrogen (secondary N) is 1. The van der Waals surface area contributed by atoms with Gasteiger partial charge in [0.25, 0.3) is 0 Å². The smallest absolute Gasteiger partial charge is 0.406 e. The van der Waals surface area contributed by atoms with Crippen LogP contribution in [0.3, 0.4) is 0 Å². The predicted molar refractivity (Wildman–Crippen MR) is 70.6 cm³/mol. The Hall–Kier alpha value is -1.27. The van der Waals surface area contributed by atoms with Crippen molar-refractivity contribution in [2.45, 2.75) is 38.7 Å². The molecule has 0 spiro atoms. The third-order valence-electron chi connectivity index (χ3n) is 2.67. The normalized spacial score (nSPS) is 14.9. The summed E-state index contributed by atoms with van der Waals surface area (Å²) in [5, 5.41) is 13.3. The van der Waals surface area contributed by atoms with Gasteiger partial charge in [-0.1, -0.05) is 19.1 Å². The van der Waals surface area contributed by atoms with Gasteiger partial charge in [0.15, 0.2) is 0 Å². The van der Waals surface area contributed by atoms with Crippen LogP contribution in [0.25, 0.3) is 0 Å². The maximum atomic E-state index is 12.0. The van der Waals surface area contributed by atoms with Crippen LogP contribution in [0.1, 0.15) is 25.8 Å². The first-order chi connectivity index (χ1) is 9.22. The van der Waals surface area contributed by atoms with Crippen molar-refractivity contribution in [2.24, 2.45) is 0 Å². The van der Waals surface area contributed by atoms with Gasteiger partial charge < -0.3 is 15.2 Å². The Kier molecular flexibility index (Phi) is 5.83. The lowest BCUT2D eigenvalue weighted by Gasteiger charge is -2.24. The minimum atomic E-state index is -4.68. The summed E-state index contributed by atoms with van der Waals surface area (Å²) in [5.41, 5.74) is -0.190. The van der Waals surface area contributed by atoms with E-state index >= 15 is 0 Å². The van der Waals surface area contributed by atoms with Crippen molar-refractivity contribution in [2.75, 3.05) is 13.1 Å². The van der Waals surface area contributed by atoms with Crippen molar-refractivity contribution < 1.29 is 23.0 Å². The summed E-state index contributed by atoms with van der Waals surface area (Å²) in [6.45, 7) is 4.97. The molecule has 6 heteroatoms. The number of benzene rings is 1. The zero-order chi connectivity index (χ0) is 15.2. The number of hydrogen-bond donors (Lipinski definition) is 2. The van der Waals surface area contributed by atoms with Crippen LogP contribution in [0, 0.1) is 0 Å². The molecule has 0 saturated carbocycles. The van der Waals surface area contributed by atoms with Crippen molar-refractivity contribution in [3.05, 3.63) is 29.8 Å². The minimum Gasteiger partial charge on any atom is -0.406 e. The van der Waals surface area contributed by atoms with E-state index in [2.05, 4.69) is 10.1 Å². The first-order valence-electron chi connectivity index (χ1n) is 6.50. The zero-order valence-electron chi connectivity index (χ0n) is 11.6. The highest BCUT2D eigenvalue weighted by Crippen LogP contribution is 2.23. The summed E-state index contributed by atoms with van der Waals surface area (Å²) >= 11 is 0. The van der Waals surface area contributed by atoms with Gasteiger partial charge >= 0.3 is 6.36 Å². The maximum absolute atomic E-state index is 12.0. The monoisotopic (exact) mass is 291 g/mol. The first-order valence-corrected chi connectivity index (χ1v) is 6.50. The molecular weight excluding hydrogens is 271 g/mol. The molecule has 20 heavy (non-hydrogen) atoms. The molecular formula is C14H20F3NO2. The molecule has 0 aliphatic carbocycles. The summed E-state index contributed by atoms with van der Waals surface area (Å²) in [7, 11) is 0. The Morgan fingerprint density at radius 1 is 1.20 bits per heavy atom. The van der Waals surface area contributed by atoms with Crippen molar-refractivity contribution in [1.29, 1.82) is 0 Å². The van der Waals surface area contributed by atoms with Crippen molar-refractivity contribution in [3.8, 4) is 5.75 Å². The highest BCUT2D eigenvalue weighted by atomic mass is 19.4. The molecule has 0 aliphatic rings. The van der Waals surface area contributed by atoms with Gasteiger partial charge in [-0.2, -0.15) is 0 Å². The van der Waals surface area contributed by atoms with Gasteiger partial charge in [0.1, 0.15) is 5.75 Å². The van der Waals surface area contributed by atoms with Gasteiger partial charge in [-0.25, -0.2) is 0 Å². The molecule has 0 amide bonds. The maximum Gasteiger partial charge on any atom is 0.573 e. The molecule has 0 radical (unpaired) electrons. The van der Waals surface area contributed by atoms with Crippen LogP contribution >= 0.6 is 0 Å². The Labute approximate surface area is 116 Å². The molecule has 1 rings (SSSR count). The largest absolute Gasteiger partial charge is 0.573 e. The second-order valence-electron chi connectivity index (χ2n) is 5.04. The zero-order valence-corrected chi connectivity index (χ0v) is 11.6. The van der Waals surface area contributed by atoms with Crippen molar-refractivity contribution in [1.82, 2.24) is 5.32 Å². The summed E-state index contributed by atoms with van der Waals surface area (Å²) < 4.78 is 39.8. The van der Waals surface area contributed by atoms with Crippen molar-refractivity contribution >= 4 is 0 Å². The van der Waals surface area contributed by atoms with Gasteiger partial charge in [-0.15, -0.1) is 13.2 Å². The van der Waals surface area contributed by atoms with Crippen LogP contribution in [-0.2, 0) is 6.42 Å². The van der Waals surface area contributed by atoms with Crippen LogP contribution in [0.2, 0.25) is 0 Å². The van der Waals surface area contributed by atoms with Crippen LogP contribution in [-0.4, -0.2) is 30.2 Å². The number of hydrogen-bond acceptors (Lipinski definition) is 3. The van der Waals surface area contributed by atoms with Crippen LogP contribution in [0.4, 0.5) is 13.2 Å². The third kappa shape index (κ3) is 6.77. The average Bonchev–Trinajstić information content (AvgIpc) is 2.30. The quantitative estimate of drug-likeness (QED) is 0.759. The second kappa shape index (κ2) is 6.95. The third-order valence-corrected chi connectivity index (χ3v) is 2.67. The lowest BCUT2D eigenvalue weighted by atomic mass is 9.96. The van der Waals surface area contributed by atoms with E-state index in [1.807, 2.05) is 6.92 Å². The number of halogens is 3. The highest BCUT2D eigenvalue weighted by Gasteiger charge is 2.31. The van der Waals surface area contributed by atoms with E-state index in [9.17, 15) is 18.3 Å². The fraction of sp³-hybridized carbons (Fsp3) is 0.571. The van der Waals surface area contributed by atoms with E-state index < -0.39 is 12.0 Å². The number of alkyl halides is 3. The van der Waals surface area contributed by atoms with Crippen LogP contribution in [0.5, 0.6) is 5.75 Å². The minimum absolute atomic E-state index is 0.259. The van der Waals surface area contributed by atoms with Gasteiger partial charge in [0, 0.05) is 13.0 Å². The van der Waals surface area contributed by atoms with E-state index in [1.54, 1.807) is 6.92 Å². The molecule has 0 saturated heterocycles. The second-order valence-corrected chi connectivity index (χ2v) is 5.04. The van der Waals surface area contributed by atoms with E-state index in [1.165, 1.54) is 24.3 Å². The van der Waals surface area contributed by atoms with Crippen LogP contribution in [0.15, 0.2) is 24.3 Å². The molecule has 1 atom stereocenters. The summed E-state index contributed by atoms with van der Waals surface area (Å²) in [6, 6.07) is 5.54. The first kappa shape index (κ1) is 16.8. The molecule has 0 heterocycles. The molecule has 1 aromatic rings. The number of aliphatic hydroxyl groups is 1. The van der Waals surface area contributed by atoms with E-state index in [0.717, 1.165) is 18.5 Å². The summed E-state index contributed by atoms with van der Waals surface area (Å²) in [4.78, 5) is 0. The lowest BCUT2D eigenvalue weighted by Crippen LogP contribution is -2.40. The fourth-order valence-corrected chi connectivity index (χ4v) is 1.85. The highest BCUT2D eigenvalue weighted by molar-refractivity contribution is 5.28. The van der Waals surface area contributed by atoms with Gasteiger partial charge in [0.05, 0.1) is 5.60 Å². The van der Waals surface area contributed by atoms with Crippen molar-refractivity contribution in [3.63, 3.8) is 0 Å². The molecule has 0 fully saturated rings.